The first-order chi connectivity index (χ1) is 14.0. The van der Waals surface area contributed by atoms with E-state index in [1.54, 1.807) is 12.1 Å². The van der Waals surface area contributed by atoms with Crippen LogP contribution in [0.5, 0.6) is 17.2 Å². The minimum absolute atomic E-state index is 0.0508. The predicted molar refractivity (Wildman–Crippen MR) is 100.0 cm³/mol. The largest absolute Gasteiger partial charge is 0.486 e. The zero-order chi connectivity index (χ0) is 20.4. The molecule has 0 bridgehead atoms. The van der Waals surface area contributed by atoms with Crippen LogP contribution in [0, 0.1) is 5.82 Å². The van der Waals surface area contributed by atoms with Crippen LogP contribution in [-0.2, 0) is 6.61 Å². The van der Waals surface area contributed by atoms with Crippen LogP contribution < -0.4 is 19.5 Å². The highest BCUT2D eigenvalue weighted by molar-refractivity contribution is 6.08. The van der Waals surface area contributed by atoms with Crippen LogP contribution in [0.15, 0.2) is 52.9 Å². The Balaban J connectivity index is 1.45. The average molecular weight is 397 g/mol. The third kappa shape index (κ3) is 4.06. The van der Waals surface area contributed by atoms with Gasteiger partial charge in [-0.05, 0) is 49.4 Å². The molecule has 4 rings (SSSR count). The van der Waals surface area contributed by atoms with Gasteiger partial charge in [0.1, 0.15) is 23.9 Å². The van der Waals surface area contributed by atoms with Crippen molar-refractivity contribution in [2.75, 3.05) is 12.1 Å². The Labute approximate surface area is 165 Å². The van der Waals surface area contributed by atoms with Gasteiger partial charge >= 0.3 is 0 Å². The number of rotatable bonds is 6. The number of ketones is 1. The number of furan rings is 1. The van der Waals surface area contributed by atoms with Crippen LogP contribution in [0.25, 0.3) is 0 Å². The second kappa shape index (κ2) is 7.67. The van der Waals surface area contributed by atoms with E-state index in [1.165, 1.54) is 43.3 Å². The van der Waals surface area contributed by atoms with Gasteiger partial charge in [-0.1, -0.05) is 0 Å². The number of ether oxygens (including phenoxy) is 3. The highest BCUT2D eigenvalue weighted by Gasteiger charge is 2.21. The Kier molecular flexibility index (Phi) is 4.90. The van der Waals surface area contributed by atoms with E-state index in [9.17, 15) is 14.0 Å². The molecular weight excluding hydrogens is 381 g/mol. The molecule has 0 fully saturated rings. The molecule has 1 aromatic heterocycles. The van der Waals surface area contributed by atoms with Gasteiger partial charge in [0.15, 0.2) is 23.0 Å². The highest BCUT2D eigenvalue weighted by Crippen LogP contribution is 2.37. The summed E-state index contributed by atoms with van der Waals surface area (Å²) in [6.45, 7) is 1.52. The van der Waals surface area contributed by atoms with Gasteiger partial charge in [0.05, 0.1) is 5.69 Å². The van der Waals surface area contributed by atoms with Crippen molar-refractivity contribution in [1.29, 1.82) is 0 Å². The molecule has 3 aromatic rings. The Hall–Kier alpha value is -3.81. The van der Waals surface area contributed by atoms with E-state index in [1.807, 2.05) is 0 Å². The number of halogens is 1. The Morgan fingerprint density at radius 2 is 1.79 bits per heavy atom. The lowest BCUT2D eigenvalue weighted by molar-refractivity contribution is 0.0992. The Morgan fingerprint density at radius 3 is 2.52 bits per heavy atom. The predicted octanol–water partition coefficient (Wildman–Crippen LogP) is 4.18. The minimum Gasteiger partial charge on any atom is -0.486 e. The first-order valence-corrected chi connectivity index (χ1v) is 8.72. The quantitative estimate of drug-likeness (QED) is 0.628. The second-order valence-corrected chi connectivity index (χ2v) is 6.27. The number of Topliss-reactive ketones (excluding diaryl/α,β-unsaturated/α-hetero) is 1. The van der Waals surface area contributed by atoms with Gasteiger partial charge in [0, 0.05) is 11.6 Å². The molecule has 7 nitrogen and oxygen atoms in total. The average Bonchev–Trinajstić information content (AvgIpc) is 3.36. The maximum atomic E-state index is 12.9. The Morgan fingerprint density at radius 1 is 1.07 bits per heavy atom. The number of hydrogen-bond donors (Lipinski definition) is 1. The summed E-state index contributed by atoms with van der Waals surface area (Å²) in [5.41, 5.74) is 0.598. The molecule has 1 N–H and O–H groups in total. The summed E-state index contributed by atoms with van der Waals surface area (Å²) in [5, 5.41) is 2.66. The number of benzene rings is 2. The highest BCUT2D eigenvalue weighted by atomic mass is 19.1. The van der Waals surface area contributed by atoms with Crippen molar-refractivity contribution in [3.05, 3.63) is 71.4 Å². The normalized spacial score (nSPS) is 11.9. The number of anilines is 1. The van der Waals surface area contributed by atoms with Crippen molar-refractivity contribution in [2.24, 2.45) is 0 Å². The lowest BCUT2D eigenvalue weighted by Crippen LogP contribution is -2.13. The van der Waals surface area contributed by atoms with Gasteiger partial charge in [-0.15, -0.1) is 0 Å². The fraction of sp³-hybridized carbons (Fsp3) is 0.143. The standard InChI is InChI=1S/C21H16FNO6/c1-12(24)16-8-19-20(28-11-27-19)9-17(16)23-21(25)18-7-6-15(29-18)10-26-14-4-2-13(22)3-5-14/h2-9H,10-11H2,1H3,(H,23,25). The maximum absolute atomic E-state index is 12.9. The van der Waals surface area contributed by atoms with Crippen molar-refractivity contribution < 1.29 is 32.6 Å². The molecule has 2 aromatic carbocycles. The van der Waals surface area contributed by atoms with E-state index in [2.05, 4.69) is 5.32 Å². The second-order valence-electron chi connectivity index (χ2n) is 6.27. The zero-order valence-corrected chi connectivity index (χ0v) is 15.4. The van der Waals surface area contributed by atoms with E-state index >= 15 is 0 Å². The summed E-state index contributed by atoms with van der Waals surface area (Å²) in [5.74, 6) is 0.713. The van der Waals surface area contributed by atoms with E-state index in [-0.39, 0.29) is 30.8 Å². The number of carbonyl (C=O) groups is 2. The third-order valence-corrected chi connectivity index (χ3v) is 4.22. The summed E-state index contributed by atoms with van der Waals surface area (Å²) < 4.78 is 34.5. The van der Waals surface area contributed by atoms with Crippen LogP contribution in [0.1, 0.15) is 33.6 Å². The van der Waals surface area contributed by atoms with Crippen molar-refractivity contribution >= 4 is 17.4 Å². The van der Waals surface area contributed by atoms with E-state index in [0.29, 0.717) is 34.3 Å². The summed E-state index contributed by atoms with van der Waals surface area (Å²) in [6.07, 6.45) is 0. The summed E-state index contributed by atoms with van der Waals surface area (Å²) in [6, 6.07) is 11.7. The molecule has 8 heteroatoms. The first kappa shape index (κ1) is 18.5. The van der Waals surface area contributed by atoms with Crippen LogP contribution in [0.4, 0.5) is 10.1 Å². The lowest BCUT2D eigenvalue weighted by Gasteiger charge is -2.09. The molecule has 1 aliphatic heterocycles. The van der Waals surface area contributed by atoms with Gasteiger partial charge in [0.2, 0.25) is 6.79 Å². The van der Waals surface area contributed by atoms with Crippen molar-refractivity contribution in [3.63, 3.8) is 0 Å². The van der Waals surface area contributed by atoms with Gasteiger partial charge in [-0.2, -0.15) is 0 Å². The number of carbonyl (C=O) groups excluding carboxylic acids is 2. The number of hydrogen-bond acceptors (Lipinski definition) is 6. The van der Waals surface area contributed by atoms with Crippen LogP contribution in [-0.4, -0.2) is 18.5 Å². The molecule has 0 unspecified atom stereocenters. The summed E-state index contributed by atoms with van der Waals surface area (Å²) in [4.78, 5) is 24.5. The third-order valence-electron chi connectivity index (χ3n) is 4.22. The van der Waals surface area contributed by atoms with E-state index in [0.717, 1.165) is 0 Å². The van der Waals surface area contributed by atoms with Gasteiger partial charge < -0.3 is 23.9 Å². The van der Waals surface area contributed by atoms with Crippen molar-refractivity contribution in [3.8, 4) is 17.2 Å². The number of nitrogens with one attached hydrogen (secondary N) is 1. The van der Waals surface area contributed by atoms with Crippen molar-refractivity contribution in [1.82, 2.24) is 0 Å². The van der Waals surface area contributed by atoms with Crippen molar-refractivity contribution in [2.45, 2.75) is 13.5 Å². The summed E-state index contributed by atoms with van der Waals surface area (Å²) in [7, 11) is 0. The monoisotopic (exact) mass is 397 g/mol. The van der Waals surface area contributed by atoms with E-state index in [4.69, 9.17) is 18.6 Å². The molecule has 0 radical (unpaired) electrons. The number of fused-ring (bicyclic) bond motifs is 1. The van der Waals surface area contributed by atoms with E-state index < -0.39 is 5.91 Å². The van der Waals surface area contributed by atoms with Gasteiger partial charge in [-0.3, -0.25) is 9.59 Å². The number of amides is 1. The molecule has 0 aliphatic carbocycles. The molecule has 0 saturated heterocycles. The van der Waals surface area contributed by atoms with Gasteiger partial charge in [0.25, 0.3) is 5.91 Å². The van der Waals surface area contributed by atoms with Crippen LogP contribution in [0.3, 0.4) is 0 Å². The first-order valence-electron chi connectivity index (χ1n) is 8.72. The molecule has 0 spiro atoms. The maximum Gasteiger partial charge on any atom is 0.291 e. The molecule has 29 heavy (non-hydrogen) atoms. The lowest BCUT2D eigenvalue weighted by atomic mass is 10.1. The Bertz CT molecular complexity index is 1070. The molecule has 148 valence electrons. The molecular formula is C21H16FNO6. The van der Waals surface area contributed by atoms with Gasteiger partial charge in [-0.25, -0.2) is 4.39 Å². The topological polar surface area (TPSA) is 87.0 Å². The van der Waals surface area contributed by atoms with Crippen LogP contribution in [0.2, 0.25) is 0 Å². The fourth-order valence-electron chi connectivity index (χ4n) is 2.78. The smallest absolute Gasteiger partial charge is 0.291 e. The molecule has 2 heterocycles. The molecule has 1 amide bonds. The SMILES string of the molecule is CC(=O)c1cc2c(cc1NC(=O)c1ccc(COc3ccc(F)cc3)o1)OCO2. The minimum atomic E-state index is -0.528. The fourth-order valence-corrected chi connectivity index (χ4v) is 2.78. The summed E-state index contributed by atoms with van der Waals surface area (Å²) >= 11 is 0. The van der Waals surface area contributed by atoms with Crippen LogP contribution >= 0.6 is 0 Å². The molecule has 0 atom stereocenters. The zero-order valence-electron chi connectivity index (χ0n) is 15.4. The molecule has 0 saturated carbocycles. The molecule has 1 aliphatic rings.